The van der Waals surface area contributed by atoms with E-state index in [0.717, 1.165) is 0 Å². The van der Waals surface area contributed by atoms with E-state index in [-0.39, 0.29) is 12.3 Å². The number of primary amides is 1. The van der Waals surface area contributed by atoms with E-state index in [0.29, 0.717) is 6.42 Å². The fourth-order valence-corrected chi connectivity index (χ4v) is 1.65. The second-order valence-corrected chi connectivity index (χ2v) is 5.33. The van der Waals surface area contributed by atoms with Crippen LogP contribution in [-0.4, -0.2) is 34.6 Å². The second-order valence-electron chi connectivity index (χ2n) is 5.33. The molecule has 0 aliphatic rings. The number of amides is 3. The van der Waals surface area contributed by atoms with Gasteiger partial charge in [0.25, 0.3) is 0 Å². The zero-order chi connectivity index (χ0) is 15.2. The summed E-state index contributed by atoms with van der Waals surface area (Å²) in [7, 11) is 0. The summed E-state index contributed by atoms with van der Waals surface area (Å²) in [6, 6.07) is -1.59. The van der Waals surface area contributed by atoms with Crippen LogP contribution in [0.1, 0.15) is 40.5 Å². The fraction of sp³-hybridized carbons (Fsp3) is 0.750. The summed E-state index contributed by atoms with van der Waals surface area (Å²) in [6.45, 7) is 6.86. The van der Waals surface area contributed by atoms with Crippen LogP contribution in [0.2, 0.25) is 0 Å². The molecule has 2 unspecified atom stereocenters. The number of hydrogen-bond acceptors (Lipinski definition) is 3. The van der Waals surface area contributed by atoms with Crippen molar-refractivity contribution in [3.05, 3.63) is 0 Å². The van der Waals surface area contributed by atoms with E-state index >= 15 is 0 Å². The van der Waals surface area contributed by atoms with Crippen LogP contribution in [0.15, 0.2) is 0 Å². The number of carbonyl (C=O) groups excluding carboxylic acids is 2. The van der Waals surface area contributed by atoms with Gasteiger partial charge in [-0.2, -0.15) is 0 Å². The van der Waals surface area contributed by atoms with Crippen molar-refractivity contribution in [2.24, 2.45) is 11.7 Å². The van der Waals surface area contributed by atoms with Crippen molar-refractivity contribution < 1.29 is 19.5 Å². The molecule has 0 aromatic carbocycles. The molecule has 0 rings (SSSR count). The lowest BCUT2D eigenvalue weighted by Gasteiger charge is -2.27. The van der Waals surface area contributed by atoms with Crippen LogP contribution in [0.4, 0.5) is 4.79 Å². The highest BCUT2D eigenvalue weighted by molar-refractivity contribution is 5.83. The van der Waals surface area contributed by atoms with E-state index in [2.05, 4.69) is 10.6 Å². The number of nitrogens with one attached hydrogen (secondary N) is 2. The molecule has 3 amide bonds. The smallest absolute Gasteiger partial charge is 0.326 e. The summed E-state index contributed by atoms with van der Waals surface area (Å²) < 4.78 is 0. The average molecular weight is 273 g/mol. The van der Waals surface area contributed by atoms with Gasteiger partial charge in [-0.05, 0) is 19.8 Å². The molecule has 7 nitrogen and oxygen atoms in total. The first-order valence-electron chi connectivity index (χ1n) is 6.19. The first-order valence-corrected chi connectivity index (χ1v) is 6.19. The molecule has 0 spiro atoms. The Morgan fingerprint density at radius 1 is 1.32 bits per heavy atom. The Bertz CT molecular complexity index is 355. The highest BCUT2D eigenvalue weighted by atomic mass is 16.4. The predicted octanol–water partition coefficient (Wildman–Crippen LogP) is 0.439. The van der Waals surface area contributed by atoms with Gasteiger partial charge in [0.15, 0.2) is 0 Å². The molecule has 5 N–H and O–H groups in total. The predicted molar refractivity (Wildman–Crippen MR) is 70.4 cm³/mol. The van der Waals surface area contributed by atoms with Crippen molar-refractivity contribution in [2.75, 3.05) is 0 Å². The Kier molecular flexibility index (Phi) is 6.31. The van der Waals surface area contributed by atoms with Crippen LogP contribution >= 0.6 is 0 Å². The number of carbonyl (C=O) groups is 3. The van der Waals surface area contributed by atoms with Gasteiger partial charge in [0.1, 0.15) is 6.04 Å². The molecule has 0 aromatic rings. The Labute approximate surface area is 112 Å². The fourth-order valence-electron chi connectivity index (χ4n) is 1.65. The molecule has 2 atom stereocenters. The molecule has 0 aliphatic carbocycles. The maximum atomic E-state index is 11.7. The standard InChI is InChI=1S/C12H23N3O4/c1-5-7(2)9(10(17)18)14-11(19)15-12(3,4)6-8(13)16/h7,9H,5-6H2,1-4H3,(H2,13,16)(H,17,18)(H2,14,15,19). The van der Waals surface area contributed by atoms with Crippen LogP contribution in [0.5, 0.6) is 0 Å². The summed E-state index contributed by atoms with van der Waals surface area (Å²) in [6.07, 6.45) is 0.601. The first kappa shape index (κ1) is 17.2. The van der Waals surface area contributed by atoms with Crippen molar-refractivity contribution in [3.8, 4) is 0 Å². The number of nitrogens with two attached hydrogens (primary N) is 1. The molecule has 0 heterocycles. The molecule has 19 heavy (non-hydrogen) atoms. The molecule has 0 fully saturated rings. The van der Waals surface area contributed by atoms with Crippen LogP contribution in [-0.2, 0) is 9.59 Å². The van der Waals surface area contributed by atoms with Crippen molar-refractivity contribution >= 4 is 17.9 Å². The molecular formula is C12H23N3O4. The highest BCUT2D eigenvalue weighted by Crippen LogP contribution is 2.10. The van der Waals surface area contributed by atoms with Gasteiger partial charge in [0.2, 0.25) is 5.91 Å². The topological polar surface area (TPSA) is 122 Å². The minimum Gasteiger partial charge on any atom is -0.480 e. The minimum atomic E-state index is -1.09. The molecule has 0 aromatic heterocycles. The van der Waals surface area contributed by atoms with E-state index in [9.17, 15) is 14.4 Å². The van der Waals surface area contributed by atoms with Crippen LogP contribution in [0.3, 0.4) is 0 Å². The number of carboxylic acids is 1. The van der Waals surface area contributed by atoms with E-state index in [1.165, 1.54) is 0 Å². The van der Waals surface area contributed by atoms with Crippen molar-refractivity contribution in [1.82, 2.24) is 10.6 Å². The average Bonchev–Trinajstić information content (AvgIpc) is 2.21. The molecule has 0 saturated heterocycles. The number of carboxylic acid groups (broad SMARTS) is 1. The molecule has 110 valence electrons. The summed E-state index contributed by atoms with van der Waals surface area (Å²) in [5, 5.41) is 14.0. The normalized spacial score (nSPS) is 14.3. The van der Waals surface area contributed by atoms with Gasteiger partial charge >= 0.3 is 12.0 Å². The Hall–Kier alpha value is -1.79. The van der Waals surface area contributed by atoms with E-state index < -0.39 is 29.5 Å². The molecule has 7 heteroatoms. The van der Waals surface area contributed by atoms with E-state index in [1.807, 2.05) is 6.92 Å². The lowest BCUT2D eigenvalue weighted by molar-refractivity contribution is -0.140. The lowest BCUT2D eigenvalue weighted by Crippen LogP contribution is -2.55. The third-order valence-electron chi connectivity index (χ3n) is 2.83. The summed E-state index contributed by atoms with van der Waals surface area (Å²) >= 11 is 0. The monoisotopic (exact) mass is 273 g/mol. The SMILES string of the molecule is CCC(C)C(NC(=O)NC(C)(C)CC(N)=O)C(=O)O. The lowest BCUT2D eigenvalue weighted by atomic mass is 9.99. The molecule has 0 bridgehead atoms. The van der Waals surface area contributed by atoms with Gasteiger partial charge < -0.3 is 21.5 Å². The highest BCUT2D eigenvalue weighted by Gasteiger charge is 2.28. The summed E-state index contributed by atoms with van der Waals surface area (Å²) in [5.74, 6) is -1.82. The largest absolute Gasteiger partial charge is 0.480 e. The quantitative estimate of drug-likeness (QED) is 0.537. The summed E-state index contributed by atoms with van der Waals surface area (Å²) in [5.41, 5.74) is 4.24. The Morgan fingerprint density at radius 3 is 2.21 bits per heavy atom. The third-order valence-corrected chi connectivity index (χ3v) is 2.83. The van der Waals surface area contributed by atoms with E-state index in [4.69, 9.17) is 10.8 Å². The number of rotatable bonds is 7. The maximum absolute atomic E-state index is 11.7. The second kappa shape index (κ2) is 6.96. The van der Waals surface area contributed by atoms with Gasteiger partial charge in [0.05, 0.1) is 0 Å². The Morgan fingerprint density at radius 2 is 1.84 bits per heavy atom. The van der Waals surface area contributed by atoms with Gasteiger partial charge in [-0.3, -0.25) is 4.79 Å². The van der Waals surface area contributed by atoms with Gasteiger partial charge in [-0.15, -0.1) is 0 Å². The van der Waals surface area contributed by atoms with Crippen LogP contribution < -0.4 is 16.4 Å². The zero-order valence-electron chi connectivity index (χ0n) is 11.8. The molecule has 0 aliphatic heterocycles. The molecule has 0 saturated carbocycles. The van der Waals surface area contributed by atoms with Crippen molar-refractivity contribution in [3.63, 3.8) is 0 Å². The van der Waals surface area contributed by atoms with Gasteiger partial charge in [0, 0.05) is 12.0 Å². The number of hydrogen-bond donors (Lipinski definition) is 4. The van der Waals surface area contributed by atoms with Gasteiger partial charge in [-0.1, -0.05) is 20.3 Å². The maximum Gasteiger partial charge on any atom is 0.326 e. The first-order chi connectivity index (χ1) is 8.59. The molecule has 0 radical (unpaired) electrons. The van der Waals surface area contributed by atoms with E-state index in [1.54, 1.807) is 20.8 Å². The number of urea groups is 1. The van der Waals surface area contributed by atoms with Crippen LogP contribution in [0.25, 0.3) is 0 Å². The summed E-state index contributed by atoms with van der Waals surface area (Å²) in [4.78, 5) is 33.6. The molecular weight excluding hydrogens is 250 g/mol. The zero-order valence-corrected chi connectivity index (χ0v) is 11.8. The Balaban J connectivity index is 4.58. The van der Waals surface area contributed by atoms with Crippen molar-refractivity contribution in [1.29, 1.82) is 0 Å². The van der Waals surface area contributed by atoms with Crippen LogP contribution in [0, 0.1) is 5.92 Å². The van der Waals surface area contributed by atoms with Gasteiger partial charge in [-0.25, -0.2) is 9.59 Å². The number of aliphatic carboxylic acids is 1. The minimum absolute atomic E-state index is 0.0263. The third kappa shape index (κ3) is 6.64. The van der Waals surface area contributed by atoms with Crippen molar-refractivity contribution in [2.45, 2.75) is 52.1 Å².